The Balaban J connectivity index is 2.37. The second-order valence-electron chi connectivity index (χ2n) is 4.13. The van der Waals surface area contributed by atoms with Crippen LogP contribution in [-0.2, 0) is 11.3 Å². The predicted molar refractivity (Wildman–Crippen MR) is 65.2 cm³/mol. The van der Waals surface area contributed by atoms with Gasteiger partial charge in [-0.25, -0.2) is 0 Å². The molecule has 2 N–H and O–H groups in total. The number of nitrogens with zero attached hydrogens (tertiary/aromatic N) is 3. The fourth-order valence-electron chi connectivity index (χ4n) is 1.57. The summed E-state index contributed by atoms with van der Waals surface area (Å²) in [4.78, 5) is 2.36. The molecule has 0 amide bonds. The summed E-state index contributed by atoms with van der Waals surface area (Å²) >= 11 is 0. The quantitative estimate of drug-likeness (QED) is 0.748. The Morgan fingerprint density at radius 2 is 2.25 bits per heavy atom. The number of hydrogen-bond acceptors (Lipinski definition) is 4. The van der Waals surface area contributed by atoms with Crippen LogP contribution in [0.1, 0.15) is 13.8 Å². The molecule has 0 saturated heterocycles. The van der Waals surface area contributed by atoms with Crippen molar-refractivity contribution in [1.29, 1.82) is 0 Å². The highest BCUT2D eigenvalue weighted by Crippen LogP contribution is 2.00. The Morgan fingerprint density at radius 3 is 2.75 bits per heavy atom. The Bertz CT molecular complexity index is 298. The van der Waals surface area contributed by atoms with Gasteiger partial charge in [0.1, 0.15) is 5.82 Å². The molecule has 0 bridgehead atoms. The smallest absolute Gasteiger partial charge is 0.145 e. The first-order valence-electron chi connectivity index (χ1n) is 5.65. The van der Waals surface area contributed by atoms with E-state index in [1.54, 1.807) is 7.11 Å². The maximum absolute atomic E-state index is 5.56. The monoisotopic (exact) mass is 226 g/mol. The summed E-state index contributed by atoms with van der Waals surface area (Å²) in [6, 6.07) is 2.33. The number of aromatic nitrogens is 2. The van der Waals surface area contributed by atoms with E-state index in [-0.39, 0.29) is 0 Å². The van der Waals surface area contributed by atoms with Crippen LogP contribution in [0, 0.1) is 0 Å². The summed E-state index contributed by atoms with van der Waals surface area (Å²) in [6.45, 7) is 7.91. The number of nitrogens with two attached hydrogens (primary N) is 1. The van der Waals surface area contributed by atoms with Crippen molar-refractivity contribution in [1.82, 2.24) is 14.7 Å². The van der Waals surface area contributed by atoms with Crippen molar-refractivity contribution in [3.05, 3.63) is 12.3 Å². The molecule has 1 heterocycles. The van der Waals surface area contributed by atoms with Gasteiger partial charge in [-0.1, -0.05) is 0 Å². The fourth-order valence-corrected chi connectivity index (χ4v) is 1.57. The first-order chi connectivity index (χ1) is 7.63. The van der Waals surface area contributed by atoms with Crippen LogP contribution in [0.15, 0.2) is 12.3 Å². The van der Waals surface area contributed by atoms with Gasteiger partial charge in [-0.05, 0) is 19.9 Å². The standard InChI is InChI=1S/C11H22N4O/c1-10(2)14(8-9-16-3)6-7-15-5-4-11(12)13-15/h4-5,10H,6-9H2,1-3H3,(H2,12,13). The van der Waals surface area contributed by atoms with Crippen LogP contribution >= 0.6 is 0 Å². The number of anilines is 1. The van der Waals surface area contributed by atoms with E-state index in [0.717, 1.165) is 26.2 Å². The van der Waals surface area contributed by atoms with Crippen LogP contribution in [0.3, 0.4) is 0 Å². The molecule has 0 unspecified atom stereocenters. The number of ether oxygens (including phenoxy) is 1. The van der Waals surface area contributed by atoms with Crippen molar-refractivity contribution in [2.75, 3.05) is 32.5 Å². The lowest BCUT2D eigenvalue weighted by Gasteiger charge is -2.25. The Kier molecular flexibility index (Phi) is 5.28. The van der Waals surface area contributed by atoms with Crippen molar-refractivity contribution in [2.45, 2.75) is 26.4 Å². The molecular weight excluding hydrogens is 204 g/mol. The molecule has 92 valence electrons. The summed E-state index contributed by atoms with van der Waals surface area (Å²) in [7, 11) is 1.73. The van der Waals surface area contributed by atoms with Crippen LogP contribution in [0.25, 0.3) is 0 Å². The lowest BCUT2D eigenvalue weighted by Crippen LogP contribution is -2.36. The topological polar surface area (TPSA) is 56.3 Å². The molecule has 5 heteroatoms. The highest BCUT2D eigenvalue weighted by molar-refractivity contribution is 5.23. The van der Waals surface area contributed by atoms with Crippen molar-refractivity contribution < 1.29 is 4.74 Å². The molecule has 0 fully saturated rings. The van der Waals surface area contributed by atoms with E-state index < -0.39 is 0 Å². The summed E-state index contributed by atoms with van der Waals surface area (Å²) in [5.41, 5.74) is 5.56. The van der Waals surface area contributed by atoms with Gasteiger partial charge in [-0.15, -0.1) is 0 Å². The summed E-state index contributed by atoms with van der Waals surface area (Å²) < 4.78 is 6.97. The van der Waals surface area contributed by atoms with Gasteiger partial charge >= 0.3 is 0 Å². The summed E-state index contributed by atoms with van der Waals surface area (Å²) in [5.74, 6) is 0.577. The highest BCUT2D eigenvalue weighted by Gasteiger charge is 2.08. The molecule has 1 aromatic heterocycles. The zero-order chi connectivity index (χ0) is 12.0. The summed E-state index contributed by atoms with van der Waals surface area (Å²) in [6.07, 6.45) is 1.91. The zero-order valence-electron chi connectivity index (χ0n) is 10.4. The molecule has 0 aliphatic rings. The van der Waals surface area contributed by atoms with Crippen LogP contribution < -0.4 is 5.73 Å². The van der Waals surface area contributed by atoms with Gasteiger partial charge in [0.2, 0.25) is 0 Å². The second-order valence-corrected chi connectivity index (χ2v) is 4.13. The lowest BCUT2D eigenvalue weighted by atomic mass is 10.3. The number of methoxy groups -OCH3 is 1. The molecule has 0 aliphatic heterocycles. The van der Waals surface area contributed by atoms with E-state index in [1.807, 2.05) is 16.9 Å². The lowest BCUT2D eigenvalue weighted by molar-refractivity contribution is 0.126. The minimum Gasteiger partial charge on any atom is -0.383 e. The van der Waals surface area contributed by atoms with E-state index in [0.29, 0.717) is 11.9 Å². The van der Waals surface area contributed by atoms with Gasteiger partial charge in [0, 0.05) is 32.4 Å². The van der Waals surface area contributed by atoms with Crippen molar-refractivity contribution >= 4 is 5.82 Å². The molecule has 0 atom stereocenters. The minimum absolute atomic E-state index is 0.517. The maximum atomic E-state index is 5.56. The van der Waals surface area contributed by atoms with Gasteiger partial charge in [0.25, 0.3) is 0 Å². The van der Waals surface area contributed by atoms with Crippen molar-refractivity contribution in [2.24, 2.45) is 0 Å². The molecule has 0 aliphatic carbocycles. The molecule has 5 nitrogen and oxygen atoms in total. The fraction of sp³-hybridized carbons (Fsp3) is 0.727. The van der Waals surface area contributed by atoms with E-state index in [9.17, 15) is 0 Å². The maximum Gasteiger partial charge on any atom is 0.145 e. The third kappa shape index (κ3) is 4.20. The minimum atomic E-state index is 0.517. The van der Waals surface area contributed by atoms with Crippen LogP contribution in [0.5, 0.6) is 0 Å². The molecule has 0 aromatic carbocycles. The first kappa shape index (κ1) is 13.0. The van der Waals surface area contributed by atoms with E-state index in [1.165, 1.54) is 0 Å². The van der Waals surface area contributed by atoms with Crippen LogP contribution in [-0.4, -0.2) is 47.5 Å². The van der Waals surface area contributed by atoms with Crippen molar-refractivity contribution in [3.63, 3.8) is 0 Å². The largest absolute Gasteiger partial charge is 0.383 e. The molecule has 0 saturated carbocycles. The van der Waals surface area contributed by atoms with Crippen molar-refractivity contribution in [3.8, 4) is 0 Å². The highest BCUT2D eigenvalue weighted by atomic mass is 16.5. The third-order valence-corrected chi connectivity index (χ3v) is 2.59. The van der Waals surface area contributed by atoms with Crippen LogP contribution in [0.4, 0.5) is 5.82 Å². The van der Waals surface area contributed by atoms with Gasteiger partial charge in [0.05, 0.1) is 13.2 Å². The van der Waals surface area contributed by atoms with Gasteiger partial charge < -0.3 is 10.5 Å². The molecule has 0 spiro atoms. The molecule has 0 radical (unpaired) electrons. The SMILES string of the molecule is COCCN(CCn1ccc(N)n1)C(C)C. The zero-order valence-corrected chi connectivity index (χ0v) is 10.4. The average Bonchev–Trinajstić information content (AvgIpc) is 2.64. The normalized spacial score (nSPS) is 11.6. The Hall–Kier alpha value is -1.07. The second kappa shape index (κ2) is 6.50. The Labute approximate surface area is 97.2 Å². The summed E-state index contributed by atoms with van der Waals surface area (Å²) in [5, 5.41) is 4.16. The predicted octanol–water partition coefficient (Wildman–Crippen LogP) is 0.822. The molecular formula is C11H22N4O. The third-order valence-electron chi connectivity index (χ3n) is 2.59. The molecule has 1 aromatic rings. The molecule has 16 heavy (non-hydrogen) atoms. The first-order valence-corrected chi connectivity index (χ1v) is 5.65. The van der Waals surface area contributed by atoms with Crippen LogP contribution in [0.2, 0.25) is 0 Å². The number of rotatable bonds is 7. The number of nitrogen functional groups attached to an aromatic ring is 1. The Morgan fingerprint density at radius 1 is 1.50 bits per heavy atom. The van der Waals surface area contributed by atoms with Gasteiger partial charge in [-0.3, -0.25) is 9.58 Å². The number of hydrogen-bond donors (Lipinski definition) is 1. The average molecular weight is 226 g/mol. The van der Waals surface area contributed by atoms with E-state index in [4.69, 9.17) is 10.5 Å². The molecule has 1 rings (SSSR count). The van der Waals surface area contributed by atoms with E-state index in [2.05, 4.69) is 23.8 Å². The van der Waals surface area contributed by atoms with E-state index >= 15 is 0 Å². The van der Waals surface area contributed by atoms with Gasteiger partial charge in [-0.2, -0.15) is 5.10 Å². The van der Waals surface area contributed by atoms with Gasteiger partial charge in [0.15, 0.2) is 0 Å².